The number of carbonyl (C=O) groups excluding carboxylic acids is 3. The number of esters is 2. The predicted octanol–water partition coefficient (Wildman–Crippen LogP) is 2.68. The van der Waals surface area contributed by atoms with Crippen molar-refractivity contribution < 1.29 is 37.0 Å². The number of nitriles is 1. The Morgan fingerprint density at radius 3 is 1.93 bits per heavy atom. The normalized spacial score (nSPS) is 20.7. The Morgan fingerprint density at radius 1 is 1.07 bits per heavy atom. The van der Waals surface area contributed by atoms with Gasteiger partial charge in [0.2, 0.25) is 0 Å². The van der Waals surface area contributed by atoms with E-state index in [9.17, 15) is 27.6 Å². The molecule has 0 heterocycles. The zero-order valence-electron chi connectivity index (χ0n) is 15.2. The Balaban J connectivity index is 2.84. The van der Waals surface area contributed by atoms with Crippen molar-refractivity contribution in [2.75, 3.05) is 14.2 Å². The number of allylic oxidation sites excluding steroid dienone is 1. The van der Waals surface area contributed by atoms with Gasteiger partial charge in [0.05, 0.1) is 31.8 Å². The van der Waals surface area contributed by atoms with Gasteiger partial charge in [-0.05, 0) is 30.7 Å². The van der Waals surface area contributed by atoms with Gasteiger partial charge in [0, 0.05) is 11.5 Å². The quantitative estimate of drug-likeness (QED) is 0.575. The number of ether oxygens (including phenoxy) is 2. The Morgan fingerprint density at radius 2 is 1.57 bits per heavy atom. The summed E-state index contributed by atoms with van der Waals surface area (Å²) in [5.74, 6) is -7.96. The van der Waals surface area contributed by atoms with Crippen molar-refractivity contribution in [3.8, 4) is 6.07 Å². The third kappa shape index (κ3) is 3.26. The van der Waals surface area contributed by atoms with E-state index in [0.29, 0.717) is 6.08 Å². The van der Waals surface area contributed by atoms with Crippen LogP contribution < -0.4 is 0 Å². The molecule has 1 aliphatic rings. The topological polar surface area (TPSA) is 93.5 Å². The van der Waals surface area contributed by atoms with Crippen molar-refractivity contribution in [2.24, 2.45) is 11.3 Å². The number of halogens is 3. The highest BCUT2D eigenvalue weighted by atomic mass is 19.4. The minimum Gasteiger partial charge on any atom is -0.468 e. The SMILES string of the molecule is COC(=O)C1(C(=O)OC)C=C(C(C)=O)[C@H](c2ccc(C#N)cc2)[C@H]1C(F)(F)F. The van der Waals surface area contributed by atoms with Crippen molar-refractivity contribution in [2.45, 2.75) is 19.0 Å². The molecule has 0 aromatic heterocycles. The lowest BCUT2D eigenvalue weighted by molar-refractivity contribution is -0.216. The first-order valence-corrected chi connectivity index (χ1v) is 8.01. The number of ketones is 1. The number of hydrogen-bond donors (Lipinski definition) is 0. The van der Waals surface area contributed by atoms with Gasteiger partial charge in [-0.25, -0.2) is 0 Å². The van der Waals surface area contributed by atoms with Gasteiger partial charge in [-0.3, -0.25) is 14.4 Å². The zero-order chi connectivity index (χ0) is 21.3. The van der Waals surface area contributed by atoms with Crippen molar-refractivity contribution in [1.82, 2.24) is 0 Å². The third-order valence-corrected chi connectivity index (χ3v) is 4.75. The van der Waals surface area contributed by atoms with Gasteiger partial charge in [-0.15, -0.1) is 0 Å². The number of alkyl halides is 3. The summed E-state index contributed by atoms with van der Waals surface area (Å²) in [5.41, 5.74) is -2.99. The van der Waals surface area contributed by atoms with Crippen LogP contribution in [0.3, 0.4) is 0 Å². The van der Waals surface area contributed by atoms with E-state index in [-0.39, 0.29) is 16.7 Å². The van der Waals surface area contributed by atoms with Crippen molar-refractivity contribution in [1.29, 1.82) is 5.26 Å². The minimum absolute atomic E-state index is 0.0254. The van der Waals surface area contributed by atoms with Crippen molar-refractivity contribution in [3.63, 3.8) is 0 Å². The Hall–Kier alpha value is -3.15. The maximum Gasteiger partial charge on any atom is 0.394 e. The number of methoxy groups -OCH3 is 2. The molecule has 1 aromatic carbocycles. The van der Waals surface area contributed by atoms with Crippen LogP contribution in [-0.2, 0) is 23.9 Å². The van der Waals surface area contributed by atoms with Crippen LogP contribution >= 0.6 is 0 Å². The van der Waals surface area contributed by atoms with Crippen molar-refractivity contribution >= 4 is 17.7 Å². The monoisotopic (exact) mass is 395 g/mol. The van der Waals surface area contributed by atoms with Gasteiger partial charge >= 0.3 is 18.1 Å². The van der Waals surface area contributed by atoms with E-state index in [1.54, 1.807) is 0 Å². The van der Waals surface area contributed by atoms with Gasteiger partial charge in [-0.1, -0.05) is 12.1 Å². The molecule has 9 heteroatoms. The molecular weight excluding hydrogens is 379 g/mol. The summed E-state index contributed by atoms with van der Waals surface area (Å²) < 4.78 is 51.5. The number of hydrogen-bond acceptors (Lipinski definition) is 6. The molecule has 6 nitrogen and oxygen atoms in total. The van der Waals surface area contributed by atoms with Crippen LogP contribution in [0.25, 0.3) is 0 Å². The minimum atomic E-state index is -5.06. The standard InChI is InChI=1S/C19H16F3NO5/c1-10(24)13-8-18(16(25)27-2,17(26)28-3)15(19(20,21)22)14(13)12-6-4-11(9-23)5-7-12/h4-8,14-15H,1-3H3/t14-,15+/m0/s1. The van der Waals surface area contributed by atoms with Gasteiger partial charge < -0.3 is 9.47 Å². The molecule has 1 aromatic rings. The molecule has 2 atom stereocenters. The molecule has 1 aliphatic carbocycles. The summed E-state index contributed by atoms with van der Waals surface area (Å²) in [4.78, 5) is 37.0. The first kappa shape index (κ1) is 21.2. The lowest BCUT2D eigenvalue weighted by Gasteiger charge is -2.34. The molecule has 148 valence electrons. The van der Waals surface area contributed by atoms with Gasteiger partial charge in [0.1, 0.15) is 0 Å². The van der Waals surface area contributed by atoms with Crippen LogP contribution in [0.5, 0.6) is 0 Å². The number of benzene rings is 1. The summed E-state index contributed by atoms with van der Waals surface area (Å²) in [6.07, 6.45) is -4.36. The molecule has 0 radical (unpaired) electrons. The van der Waals surface area contributed by atoms with Crippen LogP contribution in [0.1, 0.15) is 24.0 Å². The summed E-state index contributed by atoms with van der Waals surface area (Å²) in [6.45, 7) is 1.04. The van der Waals surface area contributed by atoms with Crippen molar-refractivity contribution in [3.05, 3.63) is 47.0 Å². The lowest BCUT2D eigenvalue weighted by Crippen LogP contribution is -2.50. The summed E-state index contributed by atoms with van der Waals surface area (Å²) in [6, 6.07) is 6.92. The van der Waals surface area contributed by atoms with E-state index in [1.165, 1.54) is 24.3 Å². The maximum atomic E-state index is 14.2. The number of Topliss-reactive ketones (excluding diaryl/α,β-unsaturated/α-hetero) is 1. The number of nitrogens with zero attached hydrogens (tertiary/aromatic N) is 1. The van der Waals surface area contributed by atoms with E-state index >= 15 is 0 Å². The average Bonchev–Trinajstić information content (AvgIpc) is 3.04. The predicted molar refractivity (Wildman–Crippen MR) is 88.7 cm³/mol. The Kier molecular flexibility index (Phi) is 5.64. The second-order valence-electron chi connectivity index (χ2n) is 6.24. The van der Waals surface area contributed by atoms with Crippen LogP contribution in [0.15, 0.2) is 35.9 Å². The fourth-order valence-electron chi connectivity index (χ4n) is 3.56. The van der Waals surface area contributed by atoms with E-state index in [2.05, 4.69) is 9.47 Å². The van der Waals surface area contributed by atoms with E-state index in [0.717, 1.165) is 21.1 Å². The smallest absolute Gasteiger partial charge is 0.394 e. The summed E-state index contributed by atoms with van der Waals surface area (Å²) >= 11 is 0. The van der Waals surface area contributed by atoms with E-state index in [1.807, 2.05) is 6.07 Å². The van der Waals surface area contributed by atoms with Crippen LogP contribution in [0.4, 0.5) is 13.2 Å². The van der Waals surface area contributed by atoms with Gasteiger partial charge in [0.25, 0.3) is 0 Å². The second-order valence-corrected chi connectivity index (χ2v) is 6.24. The molecule has 0 N–H and O–H groups in total. The maximum absolute atomic E-state index is 14.2. The highest BCUT2D eigenvalue weighted by Gasteiger charge is 2.69. The van der Waals surface area contributed by atoms with Crippen LogP contribution in [0, 0.1) is 22.7 Å². The molecule has 0 bridgehead atoms. The molecule has 0 saturated heterocycles. The van der Waals surface area contributed by atoms with Crippen LogP contribution in [0.2, 0.25) is 0 Å². The first-order valence-electron chi connectivity index (χ1n) is 8.01. The lowest BCUT2D eigenvalue weighted by atomic mass is 9.71. The highest BCUT2D eigenvalue weighted by Crippen LogP contribution is 2.58. The molecule has 0 unspecified atom stereocenters. The highest BCUT2D eigenvalue weighted by molar-refractivity contribution is 6.07. The zero-order valence-corrected chi connectivity index (χ0v) is 15.2. The molecule has 0 aliphatic heterocycles. The Bertz CT molecular complexity index is 864. The molecular formula is C19H16F3NO5. The molecule has 2 rings (SSSR count). The second kappa shape index (κ2) is 7.46. The third-order valence-electron chi connectivity index (χ3n) is 4.75. The van der Waals surface area contributed by atoms with Gasteiger partial charge in [-0.2, -0.15) is 18.4 Å². The Labute approximate surface area is 158 Å². The fraction of sp³-hybridized carbons (Fsp3) is 0.368. The summed E-state index contributed by atoms with van der Waals surface area (Å²) in [5, 5.41) is 8.89. The molecule has 0 fully saturated rings. The van der Waals surface area contributed by atoms with Gasteiger partial charge in [0.15, 0.2) is 11.2 Å². The number of rotatable bonds is 4. The largest absolute Gasteiger partial charge is 0.468 e. The average molecular weight is 395 g/mol. The molecule has 0 saturated carbocycles. The van der Waals surface area contributed by atoms with E-state index in [4.69, 9.17) is 5.26 Å². The molecule has 28 heavy (non-hydrogen) atoms. The fourth-order valence-corrected chi connectivity index (χ4v) is 3.56. The number of carbonyl (C=O) groups is 3. The molecule has 0 amide bonds. The van der Waals surface area contributed by atoms with E-state index < -0.39 is 41.1 Å². The summed E-state index contributed by atoms with van der Waals surface area (Å²) in [7, 11) is 1.69. The molecule has 0 spiro atoms. The first-order chi connectivity index (χ1) is 13.0. The van der Waals surface area contributed by atoms with Crippen LogP contribution in [-0.4, -0.2) is 38.1 Å².